The van der Waals surface area contributed by atoms with E-state index in [1.54, 1.807) is 24.3 Å². The van der Waals surface area contributed by atoms with Gasteiger partial charge in [0.25, 0.3) is 0 Å². The Hall–Kier alpha value is -2.04. The summed E-state index contributed by atoms with van der Waals surface area (Å²) in [7, 11) is 0. The number of amides is 1. The van der Waals surface area contributed by atoms with E-state index in [1.807, 2.05) is 13.8 Å². The summed E-state index contributed by atoms with van der Waals surface area (Å²) >= 11 is 0. The number of carboxylic acids is 1. The van der Waals surface area contributed by atoms with Crippen LogP contribution in [0, 0.1) is 5.92 Å². The number of aliphatic carboxylic acids is 1. The molecule has 1 amide bonds. The van der Waals surface area contributed by atoms with Crippen LogP contribution >= 0.6 is 0 Å². The second kappa shape index (κ2) is 6.05. The number of benzene rings is 1. The highest BCUT2D eigenvalue weighted by atomic mass is 16.4. The van der Waals surface area contributed by atoms with Crippen molar-refractivity contribution in [2.75, 3.05) is 10.6 Å². The van der Waals surface area contributed by atoms with Gasteiger partial charge in [-0.15, -0.1) is 0 Å². The summed E-state index contributed by atoms with van der Waals surface area (Å²) in [5.41, 5.74) is 1.31. The Bertz CT molecular complexity index is 444. The van der Waals surface area contributed by atoms with E-state index in [2.05, 4.69) is 10.6 Å². The molecule has 0 aliphatic heterocycles. The number of nitrogens with one attached hydrogen (secondary N) is 2. The molecule has 3 N–H and O–H groups in total. The van der Waals surface area contributed by atoms with Crippen LogP contribution in [-0.2, 0) is 9.59 Å². The number of anilines is 2. The molecule has 5 heteroatoms. The SMILES string of the molecule is CC(=O)Nc1cccc(NC(C(=O)O)C(C)C)c1. The third kappa shape index (κ3) is 4.08. The largest absolute Gasteiger partial charge is 0.480 e. The van der Waals surface area contributed by atoms with Gasteiger partial charge in [-0.25, -0.2) is 4.79 Å². The smallest absolute Gasteiger partial charge is 0.326 e. The number of hydrogen-bond donors (Lipinski definition) is 3. The van der Waals surface area contributed by atoms with Gasteiger partial charge in [0.2, 0.25) is 5.91 Å². The molecule has 0 aromatic heterocycles. The first-order chi connectivity index (χ1) is 8.40. The summed E-state index contributed by atoms with van der Waals surface area (Å²) < 4.78 is 0. The highest BCUT2D eigenvalue weighted by Crippen LogP contribution is 2.18. The Kier molecular flexibility index (Phi) is 4.71. The van der Waals surface area contributed by atoms with E-state index in [9.17, 15) is 9.59 Å². The van der Waals surface area contributed by atoms with E-state index >= 15 is 0 Å². The fraction of sp³-hybridized carbons (Fsp3) is 0.385. The number of carbonyl (C=O) groups is 2. The molecule has 1 rings (SSSR count). The van der Waals surface area contributed by atoms with Crippen molar-refractivity contribution in [2.45, 2.75) is 26.8 Å². The van der Waals surface area contributed by atoms with Gasteiger partial charge < -0.3 is 15.7 Å². The second-order valence-corrected chi connectivity index (χ2v) is 4.47. The van der Waals surface area contributed by atoms with Crippen molar-refractivity contribution in [3.8, 4) is 0 Å². The van der Waals surface area contributed by atoms with Crippen LogP contribution in [0.5, 0.6) is 0 Å². The van der Waals surface area contributed by atoms with Crippen molar-refractivity contribution in [3.63, 3.8) is 0 Å². The molecular formula is C13H18N2O3. The quantitative estimate of drug-likeness (QED) is 0.748. The lowest BCUT2D eigenvalue weighted by atomic mass is 10.0. The zero-order valence-electron chi connectivity index (χ0n) is 10.7. The van der Waals surface area contributed by atoms with E-state index in [0.717, 1.165) is 0 Å². The topological polar surface area (TPSA) is 78.4 Å². The van der Waals surface area contributed by atoms with Crippen molar-refractivity contribution in [1.82, 2.24) is 0 Å². The van der Waals surface area contributed by atoms with Gasteiger partial charge in [0.05, 0.1) is 0 Å². The van der Waals surface area contributed by atoms with E-state index < -0.39 is 12.0 Å². The highest BCUT2D eigenvalue weighted by molar-refractivity contribution is 5.89. The maximum atomic E-state index is 11.1. The van der Waals surface area contributed by atoms with Gasteiger partial charge in [0.15, 0.2) is 0 Å². The van der Waals surface area contributed by atoms with Crippen LogP contribution in [0.3, 0.4) is 0 Å². The van der Waals surface area contributed by atoms with Crippen LogP contribution in [0.15, 0.2) is 24.3 Å². The third-order valence-corrected chi connectivity index (χ3v) is 2.44. The standard InChI is InChI=1S/C13H18N2O3/c1-8(2)12(13(17)18)15-11-6-4-5-10(7-11)14-9(3)16/h4-8,12,15H,1-3H3,(H,14,16)(H,17,18). The van der Waals surface area contributed by atoms with Crippen LogP contribution in [0.1, 0.15) is 20.8 Å². The first-order valence-corrected chi connectivity index (χ1v) is 5.77. The Labute approximate surface area is 106 Å². The molecule has 0 heterocycles. The molecule has 0 radical (unpaired) electrons. The molecule has 0 aliphatic carbocycles. The first kappa shape index (κ1) is 14.0. The Balaban J connectivity index is 2.83. The zero-order chi connectivity index (χ0) is 13.7. The Morgan fingerprint density at radius 2 is 1.83 bits per heavy atom. The molecule has 0 aliphatic rings. The van der Waals surface area contributed by atoms with Crippen LogP contribution in [0.25, 0.3) is 0 Å². The summed E-state index contributed by atoms with van der Waals surface area (Å²) in [6.45, 7) is 5.10. The summed E-state index contributed by atoms with van der Waals surface area (Å²) in [6, 6.07) is 6.33. The maximum Gasteiger partial charge on any atom is 0.326 e. The number of carbonyl (C=O) groups excluding carboxylic acids is 1. The lowest BCUT2D eigenvalue weighted by Gasteiger charge is -2.19. The second-order valence-electron chi connectivity index (χ2n) is 4.47. The molecule has 1 aromatic rings. The monoisotopic (exact) mass is 250 g/mol. The van der Waals surface area contributed by atoms with Crippen LogP contribution in [-0.4, -0.2) is 23.0 Å². The van der Waals surface area contributed by atoms with Gasteiger partial charge in [-0.05, 0) is 24.1 Å². The molecule has 5 nitrogen and oxygen atoms in total. The molecule has 1 unspecified atom stereocenters. The lowest BCUT2D eigenvalue weighted by molar-refractivity contribution is -0.138. The minimum absolute atomic E-state index is 0.0353. The van der Waals surface area contributed by atoms with E-state index in [1.165, 1.54) is 6.92 Å². The third-order valence-electron chi connectivity index (χ3n) is 2.44. The molecule has 1 aromatic carbocycles. The molecule has 18 heavy (non-hydrogen) atoms. The lowest BCUT2D eigenvalue weighted by Crippen LogP contribution is -2.34. The number of rotatable bonds is 5. The fourth-order valence-corrected chi connectivity index (χ4v) is 1.58. The summed E-state index contributed by atoms with van der Waals surface area (Å²) in [4.78, 5) is 22.0. The molecule has 0 saturated carbocycles. The van der Waals surface area contributed by atoms with E-state index in [4.69, 9.17) is 5.11 Å². The molecular weight excluding hydrogens is 232 g/mol. The normalized spacial score (nSPS) is 12.0. The van der Waals surface area contributed by atoms with Crippen molar-refractivity contribution in [2.24, 2.45) is 5.92 Å². The van der Waals surface area contributed by atoms with Gasteiger partial charge in [-0.1, -0.05) is 19.9 Å². The van der Waals surface area contributed by atoms with Gasteiger partial charge in [0, 0.05) is 18.3 Å². The van der Waals surface area contributed by atoms with Crippen molar-refractivity contribution in [3.05, 3.63) is 24.3 Å². The minimum Gasteiger partial charge on any atom is -0.480 e. The van der Waals surface area contributed by atoms with Gasteiger partial charge >= 0.3 is 5.97 Å². The highest BCUT2D eigenvalue weighted by Gasteiger charge is 2.20. The van der Waals surface area contributed by atoms with Crippen molar-refractivity contribution in [1.29, 1.82) is 0 Å². The summed E-state index contributed by atoms with van der Waals surface area (Å²) in [5.74, 6) is -1.09. The fourth-order valence-electron chi connectivity index (χ4n) is 1.58. The van der Waals surface area contributed by atoms with Gasteiger partial charge in [-0.2, -0.15) is 0 Å². The molecule has 0 bridgehead atoms. The van der Waals surface area contributed by atoms with Gasteiger partial charge in [-0.3, -0.25) is 4.79 Å². The molecule has 0 fully saturated rings. The average Bonchev–Trinajstić information content (AvgIpc) is 2.24. The van der Waals surface area contributed by atoms with Crippen LogP contribution in [0.4, 0.5) is 11.4 Å². The summed E-state index contributed by atoms with van der Waals surface area (Å²) in [6.07, 6.45) is 0. The number of hydrogen-bond acceptors (Lipinski definition) is 3. The number of carboxylic acid groups (broad SMARTS) is 1. The van der Waals surface area contributed by atoms with Gasteiger partial charge in [0.1, 0.15) is 6.04 Å². The molecule has 0 saturated heterocycles. The minimum atomic E-state index is -0.894. The average molecular weight is 250 g/mol. The molecule has 0 spiro atoms. The summed E-state index contributed by atoms with van der Waals surface area (Å²) in [5, 5.41) is 14.7. The Morgan fingerprint density at radius 3 is 2.33 bits per heavy atom. The van der Waals surface area contributed by atoms with E-state index in [0.29, 0.717) is 11.4 Å². The first-order valence-electron chi connectivity index (χ1n) is 5.77. The molecule has 1 atom stereocenters. The maximum absolute atomic E-state index is 11.1. The van der Waals surface area contributed by atoms with Crippen molar-refractivity contribution >= 4 is 23.3 Å². The predicted molar refractivity (Wildman–Crippen MR) is 70.6 cm³/mol. The van der Waals surface area contributed by atoms with Crippen LogP contribution in [0.2, 0.25) is 0 Å². The van der Waals surface area contributed by atoms with Crippen LogP contribution < -0.4 is 10.6 Å². The molecule has 98 valence electrons. The Morgan fingerprint density at radius 1 is 1.22 bits per heavy atom. The predicted octanol–water partition coefficient (Wildman–Crippen LogP) is 2.17. The zero-order valence-corrected chi connectivity index (χ0v) is 10.7. The van der Waals surface area contributed by atoms with Crippen molar-refractivity contribution < 1.29 is 14.7 Å². The van der Waals surface area contributed by atoms with E-state index in [-0.39, 0.29) is 11.8 Å².